The zero-order valence-corrected chi connectivity index (χ0v) is 17.2. The van der Waals surface area contributed by atoms with Crippen molar-refractivity contribution in [2.45, 2.75) is 39.3 Å². The molecule has 1 aromatic carbocycles. The van der Waals surface area contributed by atoms with Crippen LogP contribution in [-0.4, -0.2) is 31.7 Å². The average molecular weight is 383 g/mol. The molecule has 3 rings (SSSR count). The molecule has 1 aliphatic carbocycles. The number of nitrogens with zero attached hydrogens (tertiary/aromatic N) is 2. The molecule has 0 aliphatic heterocycles. The predicted molar refractivity (Wildman–Crippen MR) is 112 cm³/mol. The molecule has 6 nitrogen and oxygen atoms in total. The van der Waals surface area contributed by atoms with Gasteiger partial charge in [-0.1, -0.05) is 17.7 Å². The molecule has 0 spiro atoms. The van der Waals surface area contributed by atoms with Crippen molar-refractivity contribution < 1.29 is 9.47 Å². The number of hydrogen-bond acceptors (Lipinski definition) is 4. The summed E-state index contributed by atoms with van der Waals surface area (Å²) in [7, 11) is 3.46. The van der Waals surface area contributed by atoms with E-state index in [9.17, 15) is 0 Å². The molecule has 0 saturated heterocycles. The summed E-state index contributed by atoms with van der Waals surface area (Å²) in [4.78, 5) is 8.64. The van der Waals surface area contributed by atoms with Crippen LogP contribution in [0.25, 0.3) is 0 Å². The van der Waals surface area contributed by atoms with Crippen molar-refractivity contribution in [3.63, 3.8) is 0 Å². The van der Waals surface area contributed by atoms with Crippen LogP contribution < -0.4 is 20.1 Å². The summed E-state index contributed by atoms with van der Waals surface area (Å²) in [5.74, 6) is 3.00. The summed E-state index contributed by atoms with van der Waals surface area (Å²) in [6.07, 6.45) is 4.33. The van der Waals surface area contributed by atoms with Gasteiger partial charge in [-0.2, -0.15) is 0 Å². The van der Waals surface area contributed by atoms with E-state index >= 15 is 0 Å². The van der Waals surface area contributed by atoms with Crippen LogP contribution in [0.5, 0.6) is 11.6 Å². The fourth-order valence-corrected chi connectivity index (χ4v) is 2.98. The number of pyridine rings is 1. The topological polar surface area (TPSA) is 67.8 Å². The molecule has 2 aromatic rings. The van der Waals surface area contributed by atoms with E-state index in [0.29, 0.717) is 18.3 Å². The van der Waals surface area contributed by atoms with Crippen LogP contribution in [-0.2, 0) is 6.54 Å². The molecule has 0 bridgehead atoms. The van der Waals surface area contributed by atoms with Crippen molar-refractivity contribution in [1.29, 1.82) is 0 Å². The summed E-state index contributed by atoms with van der Waals surface area (Å²) >= 11 is 0. The Morgan fingerprint density at radius 3 is 2.82 bits per heavy atom. The summed E-state index contributed by atoms with van der Waals surface area (Å²) in [5.41, 5.74) is 3.40. The maximum absolute atomic E-state index is 5.76. The van der Waals surface area contributed by atoms with E-state index in [-0.39, 0.29) is 6.04 Å². The highest BCUT2D eigenvalue weighted by Gasteiger charge is 2.22. The van der Waals surface area contributed by atoms with Crippen molar-refractivity contribution in [2.24, 2.45) is 10.9 Å². The van der Waals surface area contributed by atoms with Crippen molar-refractivity contribution in [3.8, 4) is 11.6 Å². The normalized spacial score (nSPS) is 15.1. The molecule has 6 heteroatoms. The Kier molecular flexibility index (Phi) is 6.74. The van der Waals surface area contributed by atoms with Crippen molar-refractivity contribution >= 4 is 5.96 Å². The van der Waals surface area contributed by atoms with E-state index in [1.807, 2.05) is 18.2 Å². The Hall–Kier alpha value is -2.76. The van der Waals surface area contributed by atoms with Gasteiger partial charge in [0.2, 0.25) is 5.88 Å². The molecule has 1 saturated carbocycles. The fourth-order valence-electron chi connectivity index (χ4n) is 2.98. The van der Waals surface area contributed by atoms with Crippen molar-refractivity contribution in [3.05, 3.63) is 53.2 Å². The number of nitrogens with one attached hydrogen (secondary N) is 2. The van der Waals surface area contributed by atoms with Gasteiger partial charge in [0.05, 0.1) is 19.8 Å². The van der Waals surface area contributed by atoms with Crippen molar-refractivity contribution in [1.82, 2.24) is 15.6 Å². The molecule has 1 atom stereocenters. The Balaban J connectivity index is 1.57. The molecule has 0 amide bonds. The minimum atomic E-state index is 0.0518. The summed E-state index contributed by atoms with van der Waals surface area (Å²) < 4.78 is 11.3. The van der Waals surface area contributed by atoms with Gasteiger partial charge in [0.1, 0.15) is 5.75 Å². The second-order valence-corrected chi connectivity index (χ2v) is 7.29. The molecule has 1 heterocycles. The zero-order chi connectivity index (χ0) is 19.9. The van der Waals surface area contributed by atoms with Crippen LogP contribution in [0.4, 0.5) is 0 Å². The largest absolute Gasteiger partial charge is 0.496 e. The molecule has 150 valence electrons. The maximum Gasteiger partial charge on any atom is 0.213 e. The van der Waals surface area contributed by atoms with Gasteiger partial charge < -0.3 is 20.1 Å². The smallest absolute Gasteiger partial charge is 0.213 e. The van der Waals surface area contributed by atoms with Gasteiger partial charge in [-0.05, 0) is 50.3 Å². The summed E-state index contributed by atoms with van der Waals surface area (Å²) in [5, 5.41) is 6.79. The van der Waals surface area contributed by atoms with Crippen molar-refractivity contribution in [2.75, 3.05) is 20.8 Å². The first-order valence-corrected chi connectivity index (χ1v) is 9.78. The first-order chi connectivity index (χ1) is 13.6. The highest BCUT2D eigenvalue weighted by molar-refractivity contribution is 5.80. The standard InChI is InChI=1S/C22H30N4O2/c1-15-5-8-20(27-4)19(11-15)16(2)26-22(23-3)25-13-18-9-10-24-21(12-18)28-14-17-6-7-17/h5,8-12,16-17H,6-7,13-14H2,1-4H3,(H2,23,25,26). The van der Waals surface area contributed by atoms with Gasteiger partial charge in [-0.25, -0.2) is 4.98 Å². The van der Waals surface area contributed by atoms with Crippen LogP contribution in [0.2, 0.25) is 0 Å². The number of ether oxygens (including phenoxy) is 2. The SMILES string of the molecule is CN=C(NCc1ccnc(OCC2CC2)c1)NC(C)c1cc(C)ccc1OC. The van der Waals surface area contributed by atoms with Crippen LogP contribution in [0.3, 0.4) is 0 Å². The highest BCUT2D eigenvalue weighted by Crippen LogP contribution is 2.29. The van der Waals surface area contributed by atoms with E-state index in [1.165, 1.54) is 18.4 Å². The molecule has 28 heavy (non-hydrogen) atoms. The number of rotatable bonds is 8. The van der Waals surface area contributed by atoms with Gasteiger partial charge in [0, 0.05) is 31.4 Å². The molecule has 1 unspecified atom stereocenters. The van der Waals surface area contributed by atoms with Gasteiger partial charge >= 0.3 is 0 Å². The minimum absolute atomic E-state index is 0.0518. The lowest BCUT2D eigenvalue weighted by molar-refractivity contribution is 0.288. The van der Waals surface area contributed by atoms with Crippen LogP contribution in [0, 0.1) is 12.8 Å². The minimum Gasteiger partial charge on any atom is -0.496 e. The zero-order valence-electron chi connectivity index (χ0n) is 17.2. The van der Waals surface area contributed by atoms with E-state index in [1.54, 1.807) is 20.4 Å². The number of benzene rings is 1. The highest BCUT2D eigenvalue weighted by atomic mass is 16.5. The molecule has 0 radical (unpaired) electrons. The first-order valence-electron chi connectivity index (χ1n) is 9.78. The summed E-state index contributed by atoms with van der Waals surface area (Å²) in [6.45, 7) is 5.58. The lowest BCUT2D eigenvalue weighted by Gasteiger charge is -2.20. The molecule has 1 aliphatic rings. The maximum atomic E-state index is 5.76. The molecular weight excluding hydrogens is 352 g/mol. The van der Waals surface area contributed by atoms with Crippen LogP contribution >= 0.6 is 0 Å². The Morgan fingerprint density at radius 1 is 1.29 bits per heavy atom. The third kappa shape index (κ3) is 5.62. The van der Waals surface area contributed by atoms with Gasteiger partial charge in [-0.15, -0.1) is 0 Å². The third-order valence-electron chi connectivity index (χ3n) is 4.85. The molecule has 1 fully saturated rings. The number of aromatic nitrogens is 1. The lowest BCUT2D eigenvalue weighted by Crippen LogP contribution is -2.38. The number of methoxy groups -OCH3 is 1. The molecule has 1 aromatic heterocycles. The quantitative estimate of drug-likeness (QED) is 0.539. The second-order valence-electron chi connectivity index (χ2n) is 7.29. The third-order valence-corrected chi connectivity index (χ3v) is 4.85. The Bertz CT molecular complexity index is 818. The summed E-state index contributed by atoms with van der Waals surface area (Å²) in [6, 6.07) is 10.2. The lowest BCUT2D eigenvalue weighted by atomic mass is 10.0. The monoisotopic (exact) mass is 382 g/mol. The van der Waals surface area contributed by atoms with E-state index in [4.69, 9.17) is 9.47 Å². The number of guanidine groups is 1. The van der Waals surface area contributed by atoms with Crippen LogP contribution in [0.15, 0.2) is 41.5 Å². The predicted octanol–water partition coefficient (Wildman–Crippen LogP) is 3.61. The Morgan fingerprint density at radius 2 is 2.11 bits per heavy atom. The van der Waals surface area contributed by atoms with E-state index < -0.39 is 0 Å². The van der Waals surface area contributed by atoms with Gasteiger partial charge in [0.25, 0.3) is 0 Å². The second kappa shape index (κ2) is 9.44. The molecule has 2 N–H and O–H groups in total. The number of aryl methyl sites for hydroxylation is 1. The van der Waals surface area contributed by atoms with Crippen LogP contribution in [0.1, 0.15) is 42.5 Å². The number of hydrogen-bond donors (Lipinski definition) is 2. The fraction of sp³-hybridized carbons (Fsp3) is 0.455. The average Bonchev–Trinajstić information content (AvgIpc) is 3.54. The van der Waals surface area contributed by atoms with Gasteiger partial charge in [-0.3, -0.25) is 4.99 Å². The van der Waals surface area contributed by atoms with E-state index in [2.05, 4.69) is 46.6 Å². The van der Waals surface area contributed by atoms with Gasteiger partial charge in [0.15, 0.2) is 5.96 Å². The first kappa shape index (κ1) is 20.0. The van der Waals surface area contributed by atoms with E-state index in [0.717, 1.165) is 29.4 Å². The molecular formula is C22H30N4O2. The Labute approximate surface area is 167 Å². The number of aliphatic imine (C=N–C) groups is 1.